The van der Waals surface area contributed by atoms with Crippen LogP contribution in [0.15, 0.2) is 233 Å². The third kappa shape index (κ3) is 5.08. The Morgan fingerprint density at radius 2 is 0.908 bits per heavy atom. The highest BCUT2D eigenvalue weighted by Crippen LogP contribution is 2.64. The lowest BCUT2D eigenvalue weighted by molar-refractivity contribution is 0.437. The van der Waals surface area contributed by atoms with Crippen LogP contribution < -0.4 is 9.64 Å². The van der Waals surface area contributed by atoms with Crippen LogP contribution in [0.5, 0.6) is 11.5 Å². The van der Waals surface area contributed by atoms with Crippen molar-refractivity contribution < 1.29 is 13.6 Å². The van der Waals surface area contributed by atoms with Crippen LogP contribution in [0.2, 0.25) is 0 Å². The van der Waals surface area contributed by atoms with E-state index in [0.29, 0.717) is 0 Å². The molecule has 1 aliphatic carbocycles. The predicted molar refractivity (Wildman–Crippen MR) is 264 cm³/mol. The second-order valence-corrected chi connectivity index (χ2v) is 17.1. The first kappa shape index (κ1) is 35.9. The summed E-state index contributed by atoms with van der Waals surface area (Å²) < 4.78 is 20.8. The van der Waals surface area contributed by atoms with Crippen LogP contribution in [-0.2, 0) is 5.41 Å². The smallest absolute Gasteiger partial charge is 0.156 e. The molecule has 0 saturated heterocycles. The molecular weight excluding hydrogens is 795 g/mol. The third-order valence-corrected chi connectivity index (χ3v) is 13.7. The van der Waals surface area contributed by atoms with Gasteiger partial charge in [-0.15, -0.1) is 0 Å². The SMILES string of the molecule is c1ccc(-c2cc(N(c3ccc4oc5cccc(-c6ccccc6)c5c4c3)c3cccc4c3Oc3ccccc3C43c4ccccc4-c4ccccc43)cc3oc4ccccc4c23)cc1. The molecule has 2 aliphatic rings. The molecule has 1 aliphatic heterocycles. The quantitative estimate of drug-likeness (QED) is 0.173. The van der Waals surface area contributed by atoms with Gasteiger partial charge >= 0.3 is 0 Å². The van der Waals surface area contributed by atoms with Gasteiger partial charge in [0.1, 0.15) is 28.1 Å². The summed E-state index contributed by atoms with van der Waals surface area (Å²) in [5.74, 6) is 1.63. The van der Waals surface area contributed by atoms with E-state index in [1.165, 1.54) is 22.3 Å². The molecule has 4 nitrogen and oxygen atoms in total. The fourth-order valence-corrected chi connectivity index (χ4v) is 11.1. The lowest BCUT2D eigenvalue weighted by atomic mass is 9.66. The number of furan rings is 2. The van der Waals surface area contributed by atoms with Gasteiger partial charge in [-0.25, -0.2) is 0 Å². The highest BCUT2D eigenvalue weighted by molar-refractivity contribution is 6.15. The van der Waals surface area contributed by atoms with Gasteiger partial charge in [-0.3, -0.25) is 0 Å². The standard InChI is InChI=1S/C61H37NO3/c1-3-17-38(18-4-1)42-24-15-32-56-58(42)47-35-40(33-34-54(47)63-56)62(41-36-46(39-19-5-2-6-20-39)59-45-23-9-13-30-53(45)64-57(59)37-41)52-29-16-28-51-60(52)65-55-31-14-12-27-50(55)61(51)48-25-10-7-21-43(48)44-22-8-11-26-49(44)61/h1-37H. The maximum absolute atomic E-state index is 7.34. The molecule has 304 valence electrons. The summed E-state index contributed by atoms with van der Waals surface area (Å²) in [5, 5.41) is 4.27. The van der Waals surface area contributed by atoms with Gasteiger partial charge in [-0.05, 0) is 93.0 Å². The Hall–Kier alpha value is -8.60. The summed E-state index contributed by atoms with van der Waals surface area (Å²) in [6, 6.07) is 80.0. The largest absolute Gasteiger partial charge is 0.456 e. The minimum atomic E-state index is -0.633. The van der Waals surface area contributed by atoms with Gasteiger partial charge in [-0.2, -0.15) is 0 Å². The highest BCUT2D eigenvalue weighted by Gasteiger charge is 2.51. The van der Waals surface area contributed by atoms with E-state index < -0.39 is 5.41 Å². The van der Waals surface area contributed by atoms with Gasteiger partial charge in [0.2, 0.25) is 0 Å². The van der Waals surface area contributed by atoms with Crippen molar-refractivity contribution in [2.75, 3.05) is 4.90 Å². The lowest BCUT2D eigenvalue weighted by Crippen LogP contribution is -2.32. The average molecular weight is 832 g/mol. The third-order valence-electron chi connectivity index (χ3n) is 13.7. The monoisotopic (exact) mass is 831 g/mol. The summed E-state index contributed by atoms with van der Waals surface area (Å²) in [5.41, 5.74) is 17.1. The summed E-state index contributed by atoms with van der Waals surface area (Å²) >= 11 is 0. The van der Waals surface area contributed by atoms with Crippen LogP contribution in [-0.4, -0.2) is 0 Å². The Bertz CT molecular complexity index is 3830. The lowest BCUT2D eigenvalue weighted by Gasteiger charge is -2.41. The number of anilines is 3. The Morgan fingerprint density at radius 1 is 0.338 bits per heavy atom. The number of ether oxygens (including phenoxy) is 1. The van der Waals surface area contributed by atoms with Gasteiger partial charge in [0.05, 0.1) is 16.8 Å². The van der Waals surface area contributed by atoms with Crippen molar-refractivity contribution in [1.82, 2.24) is 0 Å². The molecule has 10 aromatic carbocycles. The van der Waals surface area contributed by atoms with E-state index in [-0.39, 0.29) is 0 Å². The number of fused-ring (bicyclic) bond motifs is 15. The van der Waals surface area contributed by atoms with E-state index in [0.717, 1.165) is 106 Å². The first-order valence-electron chi connectivity index (χ1n) is 22.2. The van der Waals surface area contributed by atoms with Crippen LogP contribution in [0.4, 0.5) is 17.1 Å². The molecular formula is C61H37NO3. The zero-order valence-corrected chi connectivity index (χ0v) is 35.0. The van der Waals surface area contributed by atoms with Crippen LogP contribution in [0, 0.1) is 0 Å². The van der Waals surface area contributed by atoms with E-state index in [4.69, 9.17) is 13.6 Å². The fourth-order valence-electron chi connectivity index (χ4n) is 11.1. The molecule has 0 fully saturated rings. The number of nitrogens with zero attached hydrogens (tertiary/aromatic N) is 1. The number of benzene rings is 10. The van der Waals surface area contributed by atoms with Crippen LogP contribution >= 0.6 is 0 Å². The van der Waals surface area contributed by atoms with Crippen molar-refractivity contribution in [2.24, 2.45) is 0 Å². The molecule has 2 aromatic heterocycles. The normalized spacial score (nSPS) is 13.2. The fraction of sp³-hybridized carbons (Fsp3) is 0.0164. The van der Waals surface area contributed by atoms with Crippen molar-refractivity contribution in [3.63, 3.8) is 0 Å². The van der Waals surface area contributed by atoms with Crippen LogP contribution in [0.3, 0.4) is 0 Å². The van der Waals surface area contributed by atoms with E-state index in [2.05, 4.69) is 223 Å². The molecule has 0 unspecified atom stereocenters. The molecule has 1 spiro atoms. The topological polar surface area (TPSA) is 38.8 Å². The summed E-state index contributed by atoms with van der Waals surface area (Å²) in [7, 11) is 0. The molecule has 0 amide bonds. The van der Waals surface area contributed by atoms with E-state index in [9.17, 15) is 0 Å². The second-order valence-electron chi connectivity index (χ2n) is 17.1. The zero-order chi connectivity index (χ0) is 42.6. The van der Waals surface area contributed by atoms with E-state index in [1.54, 1.807) is 0 Å². The van der Waals surface area contributed by atoms with E-state index >= 15 is 0 Å². The molecule has 14 rings (SSSR count). The maximum atomic E-state index is 7.34. The van der Waals surface area contributed by atoms with E-state index in [1.807, 2.05) is 6.07 Å². The molecule has 12 aromatic rings. The average Bonchev–Trinajstić information content (AvgIpc) is 4.03. The van der Waals surface area contributed by atoms with Gasteiger partial charge in [0.25, 0.3) is 0 Å². The molecule has 3 heterocycles. The number of hydrogen-bond donors (Lipinski definition) is 0. The maximum Gasteiger partial charge on any atom is 0.156 e. The van der Waals surface area contributed by atoms with Crippen molar-refractivity contribution in [2.45, 2.75) is 5.41 Å². The highest BCUT2D eigenvalue weighted by atomic mass is 16.5. The van der Waals surface area contributed by atoms with Crippen molar-refractivity contribution in [1.29, 1.82) is 0 Å². The Kier molecular flexibility index (Phi) is 7.57. The molecule has 65 heavy (non-hydrogen) atoms. The zero-order valence-electron chi connectivity index (χ0n) is 35.0. The number of hydrogen-bond acceptors (Lipinski definition) is 4. The Labute approximate surface area is 374 Å². The molecule has 0 atom stereocenters. The minimum Gasteiger partial charge on any atom is -0.456 e. The molecule has 4 heteroatoms. The van der Waals surface area contributed by atoms with Gasteiger partial charge < -0.3 is 18.5 Å². The van der Waals surface area contributed by atoms with Crippen molar-refractivity contribution in [3.05, 3.63) is 247 Å². The first-order valence-corrected chi connectivity index (χ1v) is 22.2. The van der Waals surface area contributed by atoms with Crippen LogP contribution in [0.1, 0.15) is 22.3 Å². The summed E-state index contributed by atoms with van der Waals surface area (Å²) in [6.45, 7) is 0. The van der Waals surface area contributed by atoms with Crippen molar-refractivity contribution >= 4 is 60.9 Å². The Morgan fingerprint density at radius 3 is 1.69 bits per heavy atom. The van der Waals surface area contributed by atoms with Gasteiger partial charge in [0, 0.05) is 44.4 Å². The Balaban J connectivity index is 1.09. The molecule has 0 radical (unpaired) electrons. The summed E-state index contributed by atoms with van der Waals surface area (Å²) in [4.78, 5) is 2.36. The second kappa shape index (κ2) is 13.7. The van der Waals surface area contributed by atoms with Crippen molar-refractivity contribution in [3.8, 4) is 44.9 Å². The first-order chi connectivity index (χ1) is 32.2. The number of para-hydroxylation sites is 3. The predicted octanol–water partition coefficient (Wildman–Crippen LogP) is 16.8. The minimum absolute atomic E-state index is 0.633. The van der Waals surface area contributed by atoms with Crippen LogP contribution in [0.25, 0.3) is 77.3 Å². The van der Waals surface area contributed by atoms with Gasteiger partial charge in [-0.1, -0.05) is 170 Å². The molecule has 0 N–H and O–H groups in total. The molecule has 0 saturated carbocycles. The van der Waals surface area contributed by atoms with Gasteiger partial charge in [0.15, 0.2) is 5.75 Å². The molecule has 0 bridgehead atoms. The number of rotatable bonds is 5. The summed E-state index contributed by atoms with van der Waals surface area (Å²) in [6.07, 6.45) is 0.